The molecule has 0 bridgehead atoms. The maximum atomic E-state index is 6.11. The normalized spacial score (nSPS) is 12.4. The highest BCUT2D eigenvalue weighted by molar-refractivity contribution is 6.31. The predicted molar refractivity (Wildman–Crippen MR) is 83.0 cm³/mol. The SMILES string of the molecule is C=C/C(OCc1c(N)cccc1Cl)=C(\C=C/C)CC. The first-order valence-electron chi connectivity index (χ1n) is 6.27. The van der Waals surface area contributed by atoms with Crippen molar-refractivity contribution in [3.63, 3.8) is 0 Å². The van der Waals surface area contributed by atoms with E-state index in [0.717, 1.165) is 23.3 Å². The van der Waals surface area contributed by atoms with E-state index < -0.39 is 0 Å². The summed E-state index contributed by atoms with van der Waals surface area (Å²) in [5.74, 6) is 0.764. The minimum absolute atomic E-state index is 0.341. The molecule has 0 aromatic heterocycles. The summed E-state index contributed by atoms with van der Waals surface area (Å²) in [6, 6.07) is 5.44. The van der Waals surface area contributed by atoms with Gasteiger partial charge in [-0.05, 0) is 37.1 Å². The first-order valence-corrected chi connectivity index (χ1v) is 6.65. The Morgan fingerprint density at radius 3 is 2.74 bits per heavy atom. The fourth-order valence-electron chi connectivity index (χ4n) is 1.74. The molecule has 2 nitrogen and oxygen atoms in total. The topological polar surface area (TPSA) is 35.2 Å². The average Bonchev–Trinajstić information content (AvgIpc) is 2.40. The van der Waals surface area contributed by atoms with Gasteiger partial charge in [0.1, 0.15) is 12.4 Å². The fraction of sp³-hybridized carbons (Fsp3) is 0.250. The molecule has 0 fully saturated rings. The van der Waals surface area contributed by atoms with Gasteiger partial charge in [-0.25, -0.2) is 0 Å². The van der Waals surface area contributed by atoms with Gasteiger partial charge in [-0.1, -0.05) is 43.3 Å². The Hall–Kier alpha value is -1.67. The smallest absolute Gasteiger partial charge is 0.122 e. The van der Waals surface area contributed by atoms with Crippen molar-refractivity contribution in [3.8, 4) is 0 Å². The van der Waals surface area contributed by atoms with Crippen LogP contribution in [0.5, 0.6) is 0 Å². The monoisotopic (exact) mass is 277 g/mol. The molecular weight excluding hydrogens is 258 g/mol. The molecular formula is C16H20ClNO. The van der Waals surface area contributed by atoms with Gasteiger partial charge in [-0.15, -0.1) is 0 Å². The summed E-state index contributed by atoms with van der Waals surface area (Å²) in [5, 5.41) is 0.618. The van der Waals surface area contributed by atoms with Gasteiger partial charge < -0.3 is 10.5 Å². The molecule has 0 amide bonds. The molecule has 1 aromatic carbocycles. The van der Waals surface area contributed by atoms with Gasteiger partial charge in [0.25, 0.3) is 0 Å². The highest BCUT2D eigenvalue weighted by Crippen LogP contribution is 2.24. The molecule has 0 saturated heterocycles. The zero-order valence-corrected chi connectivity index (χ0v) is 12.2. The molecule has 0 aliphatic heterocycles. The van der Waals surface area contributed by atoms with Crippen molar-refractivity contribution in [2.75, 3.05) is 5.73 Å². The maximum absolute atomic E-state index is 6.11. The summed E-state index contributed by atoms with van der Waals surface area (Å²) in [6.45, 7) is 8.18. The highest BCUT2D eigenvalue weighted by Gasteiger charge is 2.07. The molecule has 0 saturated carbocycles. The van der Waals surface area contributed by atoms with Crippen LogP contribution >= 0.6 is 11.6 Å². The van der Waals surface area contributed by atoms with E-state index in [0.29, 0.717) is 17.3 Å². The number of anilines is 1. The van der Waals surface area contributed by atoms with E-state index in [9.17, 15) is 0 Å². The highest BCUT2D eigenvalue weighted by atomic mass is 35.5. The fourth-order valence-corrected chi connectivity index (χ4v) is 1.97. The van der Waals surface area contributed by atoms with Crippen LogP contribution in [-0.2, 0) is 11.3 Å². The van der Waals surface area contributed by atoms with Gasteiger partial charge in [0.2, 0.25) is 0 Å². The third kappa shape index (κ3) is 4.18. The first-order chi connectivity index (χ1) is 9.13. The third-order valence-electron chi connectivity index (χ3n) is 2.78. The van der Waals surface area contributed by atoms with Crippen molar-refractivity contribution < 1.29 is 4.74 Å². The molecule has 0 spiro atoms. The second-order valence-electron chi connectivity index (χ2n) is 4.04. The van der Waals surface area contributed by atoms with Crippen molar-refractivity contribution in [2.24, 2.45) is 0 Å². The Balaban J connectivity index is 2.93. The molecule has 0 aliphatic carbocycles. The van der Waals surface area contributed by atoms with Crippen LogP contribution in [0.25, 0.3) is 0 Å². The zero-order valence-electron chi connectivity index (χ0n) is 11.4. The zero-order chi connectivity index (χ0) is 14.3. The van der Waals surface area contributed by atoms with E-state index in [4.69, 9.17) is 22.1 Å². The maximum Gasteiger partial charge on any atom is 0.122 e. The van der Waals surface area contributed by atoms with E-state index in [1.165, 1.54) is 0 Å². The molecule has 1 aromatic rings. The van der Waals surface area contributed by atoms with Crippen LogP contribution in [0.15, 0.2) is 54.3 Å². The summed E-state index contributed by atoms with van der Waals surface area (Å²) >= 11 is 6.11. The summed E-state index contributed by atoms with van der Waals surface area (Å²) in [5.41, 5.74) is 8.44. The quantitative estimate of drug-likeness (QED) is 0.458. The van der Waals surface area contributed by atoms with Gasteiger partial charge in [0.05, 0.1) is 0 Å². The summed E-state index contributed by atoms with van der Waals surface area (Å²) < 4.78 is 5.79. The van der Waals surface area contributed by atoms with Crippen molar-refractivity contribution in [2.45, 2.75) is 26.9 Å². The number of hydrogen-bond acceptors (Lipinski definition) is 2. The van der Waals surface area contributed by atoms with Crippen LogP contribution in [0.4, 0.5) is 5.69 Å². The molecule has 0 atom stereocenters. The van der Waals surface area contributed by atoms with Crippen molar-refractivity contribution in [3.05, 3.63) is 64.9 Å². The van der Waals surface area contributed by atoms with E-state index >= 15 is 0 Å². The Labute approximate surface area is 120 Å². The van der Waals surface area contributed by atoms with Crippen molar-refractivity contribution in [1.29, 1.82) is 0 Å². The van der Waals surface area contributed by atoms with E-state index in [1.54, 1.807) is 12.1 Å². The Morgan fingerprint density at radius 1 is 1.47 bits per heavy atom. The summed E-state index contributed by atoms with van der Waals surface area (Å²) in [6.07, 6.45) is 6.60. The second kappa shape index (κ2) is 7.70. The van der Waals surface area contributed by atoms with E-state index in [-0.39, 0.29) is 0 Å². The Morgan fingerprint density at radius 2 is 2.21 bits per heavy atom. The van der Waals surface area contributed by atoms with Gasteiger partial charge >= 0.3 is 0 Å². The molecule has 0 aliphatic rings. The first kappa shape index (κ1) is 15.4. The van der Waals surface area contributed by atoms with Crippen molar-refractivity contribution >= 4 is 17.3 Å². The number of halogens is 1. The molecule has 0 heterocycles. The molecule has 3 heteroatoms. The molecule has 0 radical (unpaired) electrons. The Kier molecular flexibility index (Phi) is 6.23. The number of rotatable bonds is 6. The van der Waals surface area contributed by atoms with Crippen LogP contribution in [0, 0.1) is 0 Å². The minimum atomic E-state index is 0.341. The van der Waals surface area contributed by atoms with Crippen LogP contribution in [-0.4, -0.2) is 0 Å². The number of hydrogen-bond donors (Lipinski definition) is 1. The van der Waals surface area contributed by atoms with Crippen LogP contribution in [0.2, 0.25) is 5.02 Å². The van der Waals surface area contributed by atoms with Gasteiger partial charge in [0, 0.05) is 16.3 Å². The summed E-state index contributed by atoms with van der Waals surface area (Å²) in [4.78, 5) is 0. The number of benzene rings is 1. The predicted octanol–water partition coefficient (Wildman–Crippen LogP) is 4.87. The Bertz CT molecular complexity index is 483. The number of nitrogen functional groups attached to an aromatic ring is 1. The van der Waals surface area contributed by atoms with Crippen LogP contribution in [0.1, 0.15) is 25.8 Å². The molecule has 2 N–H and O–H groups in total. The lowest BCUT2D eigenvalue weighted by molar-refractivity contribution is 0.209. The molecule has 0 unspecified atom stereocenters. The molecule has 19 heavy (non-hydrogen) atoms. The average molecular weight is 278 g/mol. The van der Waals surface area contributed by atoms with Crippen LogP contribution < -0.4 is 5.73 Å². The van der Waals surface area contributed by atoms with Crippen LogP contribution in [0.3, 0.4) is 0 Å². The van der Waals surface area contributed by atoms with E-state index in [1.807, 2.05) is 31.2 Å². The largest absolute Gasteiger partial charge is 0.489 e. The van der Waals surface area contributed by atoms with Gasteiger partial charge in [0.15, 0.2) is 0 Å². The summed E-state index contributed by atoms with van der Waals surface area (Å²) in [7, 11) is 0. The lowest BCUT2D eigenvalue weighted by Gasteiger charge is -2.13. The number of nitrogens with two attached hydrogens (primary N) is 1. The second-order valence-corrected chi connectivity index (χ2v) is 4.45. The van der Waals surface area contributed by atoms with Gasteiger partial charge in [-0.3, -0.25) is 0 Å². The number of allylic oxidation sites excluding steroid dienone is 4. The molecule has 102 valence electrons. The standard InChI is InChI=1S/C16H20ClNO/c1-4-8-12(5-2)16(6-3)19-11-13-14(17)9-7-10-15(13)18/h4,6-10H,3,5,11,18H2,1-2H3/b8-4-,16-12+. The molecule has 1 rings (SSSR count). The van der Waals surface area contributed by atoms with Gasteiger partial charge in [-0.2, -0.15) is 0 Å². The van der Waals surface area contributed by atoms with Crippen molar-refractivity contribution in [1.82, 2.24) is 0 Å². The number of ether oxygens (including phenoxy) is 1. The minimum Gasteiger partial charge on any atom is -0.489 e. The van der Waals surface area contributed by atoms with E-state index in [2.05, 4.69) is 13.5 Å². The lowest BCUT2D eigenvalue weighted by atomic mass is 10.1. The lowest BCUT2D eigenvalue weighted by Crippen LogP contribution is -2.00. The third-order valence-corrected chi connectivity index (χ3v) is 3.13.